The molecule has 2 amide bonds. The van der Waals surface area contributed by atoms with Gasteiger partial charge in [0.2, 0.25) is 11.8 Å². The highest BCUT2D eigenvalue weighted by Crippen LogP contribution is 2.18. The standard InChI is InChI=1S/C17H23N3O3/c1-12(21)15-17(23)20-10-9-19(11-14(20)16(22)18-15)8-7-13-5-3-2-4-6-13/h2-6,12,14-15,21H,7-11H2,1H3,(H,18,22)/t12-,14-,15+/m1/s1. The van der Waals surface area contributed by atoms with Crippen LogP contribution in [0.5, 0.6) is 0 Å². The van der Waals surface area contributed by atoms with Crippen molar-refractivity contribution in [2.45, 2.75) is 31.5 Å². The first kappa shape index (κ1) is 16.0. The first-order valence-electron chi connectivity index (χ1n) is 8.11. The van der Waals surface area contributed by atoms with E-state index in [1.54, 1.807) is 4.90 Å². The molecule has 3 rings (SSSR count). The van der Waals surface area contributed by atoms with Crippen molar-refractivity contribution in [3.05, 3.63) is 35.9 Å². The zero-order valence-corrected chi connectivity index (χ0v) is 13.3. The van der Waals surface area contributed by atoms with Crippen molar-refractivity contribution >= 4 is 11.8 Å². The molecule has 0 bridgehead atoms. The largest absolute Gasteiger partial charge is 0.391 e. The van der Waals surface area contributed by atoms with Gasteiger partial charge in [-0.1, -0.05) is 30.3 Å². The van der Waals surface area contributed by atoms with Crippen LogP contribution in [0, 0.1) is 0 Å². The molecular formula is C17H23N3O3. The quantitative estimate of drug-likeness (QED) is 0.794. The minimum absolute atomic E-state index is 0.167. The summed E-state index contributed by atoms with van der Waals surface area (Å²) in [6.45, 7) is 4.25. The normalized spacial score (nSPS) is 26.6. The number of fused-ring (bicyclic) bond motifs is 1. The Kier molecular flexibility index (Phi) is 4.63. The summed E-state index contributed by atoms with van der Waals surface area (Å²) >= 11 is 0. The fourth-order valence-electron chi connectivity index (χ4n) is 3.28. The number of aliphatic hydroxyl groups excluding tert-OH is 1. The third-order valence-electron chi connectivity index (χ3n) is 4.66. The lowest BCUT2D eigenvalue weighted by atomic mass is 10.0. The van der Waals surface area contributed by atoms with Crippen molar-refractivity contribution in [1.82, 2.24) is 15.1 Å². The number of piperazine rings is 2. The average Bonchev–Trinajstić information content (AvgIpc) is 2.57. The summed E-state index contributed by atoms with van der Waals surface area (Å²) in [5, 5.41) is 12.3. The van der Waals surface area contributed by atoms with Crippen molar-refractivity contribution < 1.29 is 14.7 Å². The van der Waals surface area contributed by atoms with Gasteiger partial charge in [-0.05, 0) is 18.9 Å². The molecule has 0 radical (unpaired) electrons. The number of hydrogen-bond donors (Lipinski definition) is 2. The Morgan fingerprint density at radius 1 is 1.26 bits per heavy atom. The third kappa shape index (κ3) is 3.38. The van der Waals surface area contributed by atoms with E-state index < -0.39 is 18.2 Å². The average molecular weight is 317 g/mol. The SMILES string of the molecule is C[C@@H](O)[C@@H]1NC(=O)[C@H]2CN(CCc3ccccc3)CCN2C1=O. The summed E-state index contributed by atoms with van der Waals surface area (Å²) in [6, 6.07) is 8.99. The predicted octanol–water partition coefficient (Wildman–Crippen LogP) is -0.379. The molecule has 0 aromatic heterocycles. The molecule has 23 heavy (non-hydrogen) atoms. The van der Waals surface area contributed by atoms with Gasteiger partial charge in [0.1, 0.15) is 12.1 Å². The number of nitrogens with zero attached hydrogens (tertiary/aromatic N) is 2. The highest BCUT2D eigenvalue weighted by atomic mass is 16.3. The van der Waals surface area contributed by atoms with E-state index in [0.717, 1.165) is 19.5 Å². The van der Waals surface area contributed by atoms with Crippen LogP contribution in [-0.4, -0.2) is 71.1 Å². The van der Waals surface area contributed by atoms with E-state index in [1.165, 1.54) is 12.5 Å². The molecule has 2 N–H and O–H groups in total. The Morgan fingerprint density at radius 3 is 2.70 bits per heavy atom. The number of amides is 2. The second-order valence-electron chi connectivity index (χ2n) is 6.31. The van der Waals surface area contributed by atoms with Crippen LogP contribution in [0.25, 0.3) is 0 Å². The van der Waals surface area contributed by atoms with E-state index in [2.05, 4.69) is 22.3 Å². The molecule has 0 aliphatic carbocycles. The molecule has 1 aromatic rings. The van der Waals surface area contributed by atoms with Gasteiger partial charge in [-0.3, -0.25) is 14.5 Å². The van der Waals surface area contributed by atoms with E-state index in [4.69, 9.17) is 0 Å². The topological polar surface area (TPSA) is 72.9 Å². The number of aliphatic hydroxyl groups is 1. The maximum absolute atomic E-state index is 12.4. The highest BCUT2D eigenvalue weighted by Gasteiger charge is 2.44. The predicted molar refractivity (Wildman–Crippen MR) is 85.7 cm³/mol. The van der Waals surface area contributed by atoms with E-state index in [-0.39, 0.29) is 11.8 Å². The molecule has 2 aliphatic heterocycles. The van der Waals surface area contributed by atoms with Crippen LogP contribution >= 0.6 is 0 Å². The van der Waals surface area contributed by atoms with Crippen molar-refractivity contribution in [3.63, 3.8) is 0 Å². The van der Waals surface area contributed by atoms with Crippen molar-refractivity contribution in [1.29, 1.82) is 0 Å². The minimum Gasteiger partial charge on any atom is -0.391 e. The lowest BCUT2D eigenvalue weighted by Crippen LogP contribution is -2.71. The van der Waals surface area contributed by atoms with Crippen molar-refractivity contribution in [2.75, 3.05) is 26.2 Å². The second-order valence-corrected chi connectivity index (χ2v) is 6.31. The molecule has 1 aromatic carbocycles. The summed E-state index contributed by atoms with van der Waals surface area (Å²) in [5.41, 5.74) is 1.27. The van der Waals surface area contributed by atoms with E-state index in [1.807, 2.05) is 18.2 Å². The van der Waals surface area contributed by atoms with E-state index in [0.29, 0.717) is 13.1 Å². The molecule has 2 saturated heterocycles. The lowest BCUT2D eigenvalue weighted by molar-refractivity contribution is -0.155. The molecule has 0 spiro atoms. The Hall–Kier alpha value is -1.92. The number of rotatable bonds is 4. The molecule has 6 heteroatoms. The maximum Gasteiger partial charge on any atom is 0.248 e. The highest BCUT2D eigenvalue weighted by molar-refractivity contribution is 5.97. The molecule has 6 nitrogen and oxygen atoms in total. The van der Waals surface area contributed by atoms with E-state index in [9.17, 15) is 14.7 Å². The lowest BCUT2D eigenvalue weighted by Gasteiger charge is -2.45. The monoisotopic (exact) mass is 317 g/mol. The van der Waals surface area contributed by atoms with Crippen LogP contribution < -0.4 is 5.32 Å². The van der Waals surface area contributed by atoms with E-state index >= 15 is 0 Å². The fourth-order valence-corrected chi connectivity index (χ4v) is 3.28. The van der Waals surface area contributed by atoms with Crippen LogP contribution in [-0.2, 0) is 16.0 Å². The number of nitrogens with one attached hydrogen (secondary N) is 1. The molecule has 124 valence electrons. The maximum atomic E-state index is 12.4. The van der Waals surface area contributed by atoms with Gasteiger partial charge in [-0.15, -0.1) is 0 Å². The van der Waals surface area contributed by atoms with Gasteiger partial charge in [0.15, 0.2) is 0 Å². The van der Waals surface area contributed by atoms with Gasteiger partial charge in [0.25, 0.3) is 0 Å². The van der Waals surface area contributed by atoms with Crippen LogP contribution in [0.4, 0.5) is 0 Å². The van der Waals surface area contributed by atoms with Gasteiger partial charge in [-0.25, -0.2) is 0 Å². The third-order valence-corrected chi connectivity index (χ3v) is 4.66. The Balaban J connectivity index is 1.60. The molecular weight excluding hydrogens is 294 g/mol. The van der Waals surface area contributed by atoms with Gasteiger partial charge in [0.05, 0.1) is 6.10 Å². The van der Waals surface area contributed by atoms with Crippen LogP contribution in [0.3, 0.4) is 0 Å². The Labute approximate surface area is 136 Å². The minimum atomic E-state index is -0.872. The van der Waals surface area contributed by atoms with Gasteiger partial charge in [0, 0.05) is 26.2 Å². The summed E-state index contributed by atoms with van der Waals surface area (Å²) < 4.78 is 0. The molecule has 0 saturated carbocycles. The molecule has 0 unspecified atom stereocenters. The zero-order chi connectivity index (χ0) is 16.4. The summed E-state index contributed by atoms with van der Waals surface area (Å²) in [4.78, 5) is 28.5. The summed E-state index contributed by atoms with van der Waals surface area (Å²) in [5.74, 6) is -0.341. The number of hydrogen-bond acceptors (Lipinski definition) is 4. The smallest absolute Gasteiger partial charge is 0.248 e. The molecule has 2 heterocycles. The summed E-state index contributed by atoms with van der Waals surface area (Å²) in [6.07, 6.45) is 0.0582. The fraction of sp³-hybridized carbons (Fsp3) is 0.529. The van der Waals surface area contributed by atoms with Gasteiger partial charge in [-0.2, -0.15) is 0 Å². The molecule has 2 fully saturated rings. The number of benzene rings is 1. The van der Waals surface area contributed by atoms with Crippen LogP contribution in [0.15, 0.2) is 30.3 Å². The van der Waals surface area contributed by atoms with Gasteiger partial charge >= 0.3 is 0 Å². The number of carbonyl (C=O) groups is 2. The van der Waals surface area contributed by atoms with Crippen molar-refractivity contribution in [3.8, 4) is 0 Å². The Bertz CT molecular complexity index is 576. The molecule has 3 atom stereocenters. The second kappa shape index (κ2) is 6.68. The first-order valence-corrected chi connectivity index (χ1v) is 8.11. The van der Waals surface area contributed by atoms with Crippen LogP contribution in [0.2, 0.25) is 0 Å². The van der Waals surface area contributed by atoms with Crippen molar-refractivity contribution in [2.24, 2.45) is 0 Å². The Morgan fingerprint density at radius 2 is 2.00 bits per heavy atom. The number of carbonyl (C=O) groups excluding carboxylic acids is 2. The van der Waals surface area contributed by atoms with Crippen LogP contribution in [0.1, 0.15) is 12.5 Å². The first-order chi connectivity index (χ1) is 11.1. The zero-order valence-electron chi connectivity index (χ0n) is 13.3. The molecule has 2 aliphatic rings. The summed E-state index contributed by atoms with van der Waals surface area (Å²) in [7, 11) is 0. The van der Waals surface area contributed by atoms with Gasteiger partial charge < -0.3 is 15.3 Å².